The number of rotatable bonds is 7. The highest BCUT2D eigenvalue weighted by atomic mass is 16.5. The molecule has 5 heteroatoms. The summed E-state index contributed by atoms with van der Waals surface area (Å²) >= 11 is 0. The van der Waals surface area contributed by atoms with Crippen LogP contribution in [0.25, 0.3) is 11.3 Å². The van der Waals surface area contributed by atoms with Crippen molar-refractivity contribution in [1.82, 2.24) is 10.1 Å². The van der Waals surface area contributed by atoms with Gasteiger partial charge >= 0.3 is 0 Å². The first kappa shape index (κ1) is 18.5. The fraction of sp³-hybridized carbons (Fsp3) is 0.524. The fourth-order valence-corrected chi connectivity index (χ4v) is 3.53. The van der Waals surface area contributed by atoms with Gasteiger partial charge in [-0.1, -0.05) is 56.3 Å². The van der Waals surface area contributed by atoms with Crippen molar-refractivity contribution >= 4 is 11.8 Å². The average Bonchev–Trinajstić information content (AvgIpc) is 3.30. The van der Waals surface area contributed by atoms with Gasteiger partial charge in [0.25, 0.3) is 0 Å². The van der Waals surface area contributed by atoms with Gasteiger partial charge in [0.15, 0.2) is 0 Å². The molecule has 0 atom stereocenters. The Labute approximate surface area is 156 Å². The maximum atomic E-state index is 12.7. The van der Waals surface area contributed by atoms with E-state index in [-0.39, 0.29) is 11.8 Å². The Morgan fingerprint density at radius 3 is 2.54 bits per heavy atom. The van der Waals surface area contributed by atoms with E-state index in [1.54, 1.807) is 0 Å². The van der Waals surface area contributed by atoms with Crippen LogP contribution in [0.5, 0.6) is 0 Å². The van der Waals surface area contributed by atoms with E-state index < -0.39 is 0 Å². The zero-order valence-electron chi connectivity index (χ0n) is 16.1. The van der Waals surface area contributed by atoms with Gasteiger partial charge in [0.2, 0.25) is 11.8 Å². The molecule has 1 saturated heterocycles. The first-order valence-corrected chi connectivity index (χ1v) is 9.69. The Morgan fingerprint density at radius 2 is 1.92 bits per heavy atom. The van der Waals surface area contributed by atoms with Crippen LogP contribution in [0.2, 0.25) is 0 Å². The van der Waals surface area contributed by atoms with Gasteiger partial charge < -0.3 is 14.3 Å². The molecule has 0 aliphatic carbocycles. The lowest BCUT2D eigenvalue weighted by molar-refractivity contribution is -0.135. The first-order valence-electron chi connectivity index (χ1n) is 9.69. The molecule has 0 N–H and O–H groups in total. The van der Waals surface area contributed by atoms with Gasteiger partial charge in [-0.25, -0.2) is 0 Å². The van der Waals surface area contributed by atoms with Crippen LogP contribution < -0.4 is 4.90 Å². The summed E-state index contributed by atoms with van der Waals surface area (Å²) in [7, 11) is 0. The third kappa shape index (κ3) is 3.92. The Morgan fingerprint density at radius 1 is 1.23 bits per heavy atom. The minimum Gasteiger partial charge on any atom is -0.340 e. The quantitative estimate of drug-likeness (QED) is 0.741. The molecule has 2 heterocycles. The number of carbonyl (C=O) groups is 1. The lowest BCUT2D eigenvalue weighted by atomic mass is 10.1. The molecule has 2 aromatic rings. The zero-order valence-corrected chi connectivity index (χ0v) is 16.1. The molecule has 1 aromatic carbocycles. The van der Waals surface area contributed by atoms with E-state index in [2.05, 4.69) is 17.0 Å². The molecular formula is C21H29N3O2. The van der Waals surface area contributed by atoms with Crippen LogP contribution in [-0.4, -0.2) is 35.6 Å². The second-order valence-electron chi connectivity index (χ2n) is 7.29. The van der Waals surface area contributed by atoms with E-state index in [4.69, 9.17) is 4.52 Å². The summed E-state index contributed by atoms with van der Waals surface area (Å²) in [5.41, 5.74) is 2.91. The molecule has 140 valence electrons. The molecule has 0 unspecified atom stereocenters. The van der Waals surface area contributed by atoms with E-state index >= 15 is 0 Å². The number of aromatic nitrogens is 1. The third-order valence-corrected chi connectivity index (χ3v) is 4.86. The second-order valence-corrected chi connectivity index (χ2v) is 7.29. The highest BCUT2D eigenvalue weighted by Gasteiger charge is 2.27. The third-order valence-electron chi connectivity index (χ3n) is 4.86. The van der Waals surface area contributed by atoms with Crippen molar-refractivity contribution in [2.24, 2.45) is 5.92 Å². The van der Waals surface area contributed by atoms with E-state index in [0.717, 1.165) is 48.8 Å². The summed E-state index contributed by atoms with van der Waals surface area (Å²) in [6, 6.07) is 10.1. The number of carbonyl (C=O) groups excluding carboxylic acids is 1. The number of anilines is 1. The Balaban J connectivity index is 1.98. The molecule has 0 bridgehead atoms. The topological polar surface area (TPSA) is 49.6 Å². The van der Waals surface area contributed by atoms with Crippen LogP contribution in [0.3, 0.4) is 0 Å². The molecule has 1 amide bonds. The summed E-state index contributed by atoms with van der Waals surface area (Å²) in [6.45, 7) is 9.29. The minimum absolute atomic E-state index is 0.0168. The van der Waals surface area contributed by atoms with Crippen LogP contribution in [0, 0.1) is 5.92 Å². The van der Waals surface area contributed by atoms with Crippen molar-refractivity contribution in [3.05, 3.63) is 35.9 Å². The van der Waals surface area contributed by atoms with Crippen molar-refractivity contribution in [3.8, 4) is 11.3 Å². The monoisotopic (exact) mass is 355 g/mol. The molecule has 1 aromatic heterocycles. The Bertz CT molecular complexity index is 718. The molecule has 5 nitrogen and oxygen atoms in total. The predicted octanol–water partition coefficient (Wildman–Crippen LogP) is 4.34. The van der Waals surface area contributed by atoms with E-state index in [1.165, 1.54) is 12.8 Å². The summed E-state index contributed by atoms with van der Waals surface area (Å²) in [4.78, 5) is 16.9. The highest BCUT2D eigenvalue weighted by molar-refractivity contribution is 5.79. The molecule has 1 aliphatic heterocycles. The van der Waals surface area contributed by atoms with Gasteiger partial charge in [-0.05, 0) is 19.3 Å². The fourth-order valence-electron chi connectivity index (χ4n) is 3.53. The van der Waals surface area contributed by atoms with Gasteiger partial charge in [-0.3, -0.25) is 4.79 Å². The number of benzene rings is 1. The smallest absolute Gasteiger partial charge is 0.232 e. The van der Waals surface area contributed by atoms with Crippen LogP contribution in [0.4, 0.5) is 5.88 Å². The number of hydrogen-bond donors (Lipinski definition) is 0. The second kappa shape index (κ2) is 8.39. The van der Waals surface area contributed by atoms with E-state index in [9.17, 15) is 4.79 Å². The van der Waals surface area contributed by atoms with Gasteiger partial charge in [-0.2, -0.15) is 0 Å². The lowest BCUT2D eigenvalue weighted by Crippen LogP contribution is -2.35. The average molecular weight is 355 g/mol. The van der Waals surface area contributed by atoms with Crippen LogP contribution in [0.1, 0.15) is 45.6 Å². The van der Waals surface area contributed by atoms with Gasteiger partial charge in [0, 0.05) is 31.1 Å². The predicted molar refractivity (Wildman–Crippen MR) is 104 cm³/mol. The largest absolute Gasteiger partial charge is 0.340 e. The summed E-state index contributed by atoms with van der Waals surface area (Å²) < 4.78 is 5.79. The van der Waals surface area contributed by atoms with Crippen molar-refractivity contribution < 1.29 is 9.32 Å². The SMILES string of the molecule is CCCN(Cc1c(-c2ccccc2)noc1N1CCCC1)C(=O)C(C)C. The standard InChI is InChI=1S/C21H29N3O2/c1-4-12-24(20(25)16(2)3)15-18-19(17-10-6-5-7-11-17)22-26-21(18)23-13-8-9-14-23/h5-7,10-11,16H,4,8-9,12-15H2,1-3H3. The van der Waals surface area contributed by atoms with Crippen molar-refractivity contribution in [1.29, 1.82) is 0 Å². The Hall–Kier alpha value is -2.30. The summed E-state index contributed by atoms with van der Waals surface area (Å²) in [6.07, 6.45) is 3.28. The van der Waals surface area contributed by atoms with Crippen molar-refractivity contribution in [2.45, 2.75) is 46.6 Å². The summed E-state index contributed by atoms with van der Waals surface area (Å²) in [5, 5.41) is 4.39. The number of hydrogen-bond acceptors (Lipinski definition) is 4. The highest BCUT2D eigenvalue weighted by Crippen LogP contribution is 2.34. The van der Waals surface area contributed by atoms with Gasteiger partial charge in [-0.15, -0.1) is 0 Å². The van der Waals surface area contributed by atoms with Crippen molar-refractivity contribution in [2.75, 3.05) is 24.5 Å². The normalized spacial score (nSPS) is 14.2. The zero-order chi connectivity index (χ0) is 18.5. The number of amides is 1. The number of nitrogens with zero attached hydrogens (tertiary/aromatic N) is 3. The van der Waals surface area contributed by atoms with Gasteiger partial charge in [0.1, 0.15) is 5.69 Å². The molecule has 0 radical (unpaired) electrons. The lowest BCUT2D eigenvalue weighted by Gasteiger charge is -2.25. The Kier molecular flexibility index (Phi) is 5.96. The maximum absolute atomic E-state index is 12.7. The van der Waals surface area contributed by atoms with Crippen LogP contribution in [-0.2, 0) is 11.3 Å². The molecule has 26 heavy (non-hydrogen) atoms. The molecule has 0 saturated carbocycles. The van der Waals surface area contributed by atoms with E-state index in [1.807, 2.05) is 49.1 Å². The molecule has 1 aliphatic rings. The first-order chi connectivity index (χ1) is 12.6. The van der Waals surface area contributed by atoms with Crippen LogP contribution >= 0.6 is 0 Å². The van der Waals surface area contributed by atoms with Gasteiger partial charge in [0.05, 0.1) is 12.1 Å². The molecular weight excluding hydrogens is 326 g/mol. The van der Waals surface area contributed by atoms with E-state index in [0.29, 0.717) is 6.54 Å². The maximum Gasteiger partial charge on any atom is 0.232 e. The molecule has 0 spiro atoms. The van der Waals surface area contributed by atoms with Crippen molar-refractivity contribution in [3.63, 3.8) is 0 Å². The minimum atomic E-state index is -0.0168. The molecule has 3 rings (SSSR count). The van der Waals surface area contributed by atoms with Crippen LogP contribution in [0.15, 0.2) is 34.9 Å². The summed E-state index contributed by atoms with van der Waals surface area (Å²) in [5.74, 6) is 0.996. The molecule has 1 fully saturated rings.